The molecule has 0 radical (unpaired) electrons. The summed E-state index contributed by atoms with van der Waals surface area (Å²) in [4.78, 5) is 37.2. The van der Waals surface area contributed by atoms with Crippen molar-refractivity contribution < 1.29 is 24.2 Å². The summed E-state index contributed by atoms with van der Waals surface area (Å²) in [6.07, 6.45) is -0.197. The van der Waals surface area contributed by atoms with Crippen molar-refractivity contribution in [2.45, 2.75) is 33.2 Å². The summed E-state index contributed by atoms with van der Waals surface area (Å²) in [5.41, 5.74) is 3.26. The first-order valence-corrected chi connectivity index (χ1v) is 11.9. The third-order valence-electron chi connectivity index (χ3n) is 5.86. The quantitative estimate of drug-likeness (QED) is 0.317. The molecule has 0 fully saturated rings. The first kappa shape index (κ1) is 27.2. The molecule has 0 spiro atoms. The number of hydrogen-bond donors (Lipinski definition) is 3. The minimum atomic E-state index is -0.979. The van der Waals surface area contributed by atoms with Crippen LogP contribution in [0.5, 0.6) is 5.75 Å². The molecule has 9 heteroatoms. The summed E-state index contributed by atoms with van der Waals surface area (Å²) in [7, 11) is 1.47. The Morgan fingerprint density at radius 1 is 0.946 bits per heavy atom. The topological polar surface area (TPSA) is 111 Å². The highest BCUT2D eigenvalue weighted by Crippen LogP contribution is 2.34. The SMILES string of the molecule is CCN(C(CC(=O)O)c1ccccc1)N(C(C)=O)c1ccc(NC(=O)Nc2ccccc2C)c(OC)c1. The van der Waals surface area contributed by atoms with Gasteiger partial charge in [-0.15, -0.1) is 0 Å². The van der Waals surface area contributed by atoms with Crippen LogP contribution in [0.15, 0.2) is 72.8 Å². The van der Waals surface area contributed by atoms with E-state index in [1.54, 1.807) is 29.3 Å². The van der Waals surface area contributed by atoms with E-state index in [2.05, 4.69) is 10.6 Å². The fraction of sp³-hybridized carbons (Fsp3) is 0.250. The molecule has 1 unspecified atom stereocenters. The lowest BCUT2D eigenvalue weighted by Gasteiger charge is -2.39. The number of amides is 3. The van der Waals surface area contributed by atoms with Gasteiger partial charge in [0, 0.05) is 25.2 Å². The molecular weight excluding hydrogens is 472 g/mol. The van der Waals surface area contributed by atoms with Crippen molar-refractivity contribution in [3.05, 3.63) is 83.9 Å². The molecule has 0 heterocycles. The Hall–Kier alpha value is -4.37. The normalized spacial score (nSPS) is 11.5. The van der Waals surface area contributed by atoms with E-state index in [-0.39, 0.29) is 12.3 Å². The van der Waals surface area contributed by atoms with Gasteiger partial charge in [-0.1, -0.05) is 55.5 Å². The van der Waals surface area contributed by atoms with Crippen LogP contribution in [-0.4, -0.2) is 41.7 Å². The monoisotopic (exact) mass is 504 g/mol. The maximum absolute atomic E-state index is 12.9. The Labute approximate surface area is 216 Å². The first-order valence-electron chi connectivity index (χ1n) is 11.9. The number of aliphatic carboxylic acids is 1. The highest BCUT2D eigenvalue weighted by molar-refractivity contribution is 6.01. The Morgan fingerprint density at radius 2 is 1.59 bits per heavy atom. The summed E-state index contributed by atoms with van der Waals surface area (Å²) in [5.74, 6) is -0.935. The molecule has 37 heavy (non-hydrogen) atoms. The molecule has 3 amide bonds. The number of aryl methyl sites for hydroxylation is 1. The zero-order valence-electron chi connectivity index (χ0n) is 21.4. The predicted octanol–water partition coefficient (Wildman–Crippen LogP) is 5.45. The smallest absolute Gasteiger partial charge is 0.323 e. The highest BCUT2D eigenvalue weighted by atomic mass is 16.5. The number of ether oxygens (including phenoxy) is 1. The highest BCUT2D eigenvalue weighted by Gasteiger charge is 2.30. The summed E-state index contributed by atoms with van der Waals surface area (Å²) in [5, 5.41) is 18.4. The minimum absolute atomic E-state index is 0.197. The molecule has 1 atom stereocenters. The van der Waals surface area contributed by atoms with E-state index in [9.17, 15) is 19.5 Å². The van der Waals surface area contributed by atoms with Gasteiger partial charge < -0.3 is 20.5 Å². The molecule has 3 aromatic rings. The van der Waals surface area contributed by atoms with Gasteiger partial charge in [0.05, 0.1) is 30.9 Å². The lowest BCUT2D eigenvalue weighted by Crippen LogP contribution is -2.48. The Kier molecular flexibility index (Phi) is 9.23. The Balaban J connectivity index is 1.92. The van der Waals surface area contributed by atoms with Gasteiger partial charge in [0.1, 0.15) is 5.75 Å². The number of carbonyl (C=O) groups is 3. The van der Waals surface area contributed by atoms with Crippen molar-refractivity contribution in [2.24, 2.45) is 0 Å². The molecule has 9 nitrogen and oxygen atoms in total. The zero-order chi connectivity index (χ0) is 26.9. The third-order valence-corrected chi connectivity index (χ3v) is 5.86. The second kappa shape index (κ2) is 12.5. The summed E-state index contributed by atoms with van der Waals surface area (Å²) in [6.45, 7) is 5.54. The average Bonchev–Trinajstić information content (AvgIpc) is 2.88. The van der Waals surface area contributed by atoms with E-state index in [1.807, 2.05) is 62.4 Å². The van der Waals surface area contributed by atoms with E-state index in [1.165, 1.54) is 19.0 Å². The Bertz CT molecular complexity index is 1250. The van der Waals surface area contributed by atoms with Crippen LogP contribution in [0.1, 0.15) is 37.4 Å². The van der Waals surface area contributed by atoms with Crippen LogP contribution in [0, 0.1) is 6.92 Å². The molecular formula is C28H32N4O5. The summed E-state index contributed by atoms with van der Waals surface area (Å²) < 4.78 is 5.52. The van der Waals surface area contributed by atoms with Gasteiger partial charge in [-0.25, -0.2) is 14.8 Å². The van der Waals surface area contributed by atoms with Crippen LogP contribution in [0.4, 0.5) is 21.9 Å². The number of benzene rings is 3. The van der Waals surface area contributed by atoms with Gasteiger partial charge in [0.25, 0.3) is 0 Å². The molecule has 0 aromatic heterocycles. The maximum Gasteiger partial charge on any atom is 0.323 e. The van der Waals surface area contributed by atoms with Gasteiger partial charge in [-0.3, -0.25) is 9.59 Å². The third kappa shape index (κ3) is 6.86. The van der Waals surface area contributed by atoms with E-state index < -0.39 is 18.0 Å². The van der Waals surface area contributed by atoms with Crippen LogP contribution in [0.25, 0.3) is 0 Å². The number of carbonyl (C=O) groups excluding carboxylic acids is 2. The van der Waals surface area contributed by atoms with Crippen LogP contribution in [0.3, 0.4) is 0 Å². The van der Waals surface area contributed by atoms with Crippen molar-refractivity contribution >= 4 is 35.0 Å². The minimum Gasteiger partial charge on any atom is -0.494 e. The number of carboxylic acid groups (broad SMARTS) is 1. The van der Waals surface area contributed by atoms with Gasteiger partial charge in [-0.05, 0) is 36.2 Å². The number of hydrazine groups is 1. The van der Waals surface area contributed by atoms with Gasteiger partial charge in [0.15, 0.2) is 0 Å². The molecule has 3 rings (SSSR count). The van der Waals surface area contributed by atoms with Gasteiger partial charge in [-0.2, -0.15) is 0 Å². The molecule has 3 aromatic carbocycles. The lowest BCUT2D eigenvalue weighted by atomic mass is 10.0. The van der Waals surface area contributed by atoms with Gasteiger partial charge >= 0.3 is 12.0 Å². The van der Waals surface area contributed by atoms with Crippen LogP contribution in [0.2, 0.25) is 0 Å². The molecule has 3 N–H and O–H groups in total. The van der Waals surface area contributed by atoms with E-state index in [0.29, 0.717) is 29.4 Å². The largest absolute Gasteiger partial charge is 0.494 e. The van der Waals surface area contributed by atoms with E-state index >= 15 is 0 Å². The number of para-hydroxylation sites is 1. The molecule has 194 valence electrons. The lowest BCUT2D eigenvalue weighted by molar-refractivity contribution is -0.139. The number of urea groups is 1. The molecule has 0 bridgehead atoms. The standard InChI is InChI=1S/C28H32N4O5/c1-5-31(25(18-27(34)35)21-12-7-6-8-13-21)32(20(3)33)22-15-16-24(26(17-22)37-4)30-28(36)29-23-14-10-9-11-19(23)2/h6-17,25H,5,18H2,1-4H3,(H,34,35)(H2,29,30,36). The fourth-order valence-corrected chi connectivity index (χ4v) is 4.15. The number of hydrogen-bond acceptors (Lipinski definition) is 5. The molecule has 0 aliphatic carbocycles. The van der Waals surface area contributed by atoms with Gasteiger partial charge in [0.2, 0.25) is 5.91 Å². The van der Waals surface area contributed by atoms with E-state index in [4.69, 9.17) is 4.74 Å². The van der Waals surface area contributed by atoms with Crippen molar-refractivity contribution in [1.29, 1.82) is 0 Å². The fourth-order valence-electron chi connectivity index (χ4n) is 4.15. The predicted molar refractivity (Wildman–Crippen MR) is 144 cm³/mol. The maximum atomic E-state index is 12.9. The average molecular weight is 505 g/mol. The zero-order valence-corrected chi connectivity index (χ0v) is 21.4. The molecule has 0 aliphatic heterocycles. The molecule has 0 saturated carbocycles. The van der Waals surface area contributed by atoms with E-state index in [0.717, 1.165) is 11.1 Å². The van der Waals surface area contributed by atoms with Crippen LogP contribution in [-0.2, 0) is 9.59 Å². The number of nitrogens with one attached hydrogen (secondary N) is 2. The second-order valence-electron chi connectivity index (χ2n) is 8.39. The molecule has 0 saturated heterocycles. The van der Waals surface area contributed by atoms with Crippen molar-refractivity contribution in [3.8, 4) is 5.75 Å². The molecule has 0 aliphatic rings. The Morgan fingerprint density at radius 3 is 2.19 bits per heavy atom. The second-order valence-corrected chi connectivity index (χ2v) is 8.39. The van der Waals surface area contributed by atoms with Crippen LogP contribution < -0.4 is 20.4 Å². The summed E-state index contributed by atoms with van der Waals surface area (Å²) >= 11 is 0. The van der Waals surface area contributed by atoms with Crippen molar-refractivity contribution in [1.82, 2.24) is 5.01 Å². The number of carboxylic acids is 1. The van der Waals surface area contributed by atoms with Crippen LogP contribution >= 0.6 is 0 Å². The summed E-state index contributed by atoms with van der Waals surface area (Å²) in [6, 6.07) is 20.6. The number of anilines is 3. The number of rotatable bonds is 10. The number of nitrogens with zero attached hydrogens (tertiary/aromatic N) is 2. The number of methoxy groups -OCH3 is 1. The first-order chi connectivity index (χ1) is 17.7. The van der Waals surface area contributed by atoms with Crippen molar-refractivity contribution in [2.75, 3.05) is 29.3 Å². The van der Waals surface area contributed by atoms with Crippen molar-refractivity contribution in [3.63, 3.8) is 0 Å².